The highest BCUT2D eigenvalue weighted by Crippen LogP contribution is 2.34. The highest BCUT2D eigenvalue weighted by atomic mass is 127. The molecular weight excluding hydrogens is 317 g/mol. The lowest BCUT2D eigenvalue weighted by atomic mass is 10.1. The number of hydrogen-bond acceptors (Lipinski definition) is 3. The normalized spacial score (nSPS) is 14.8. The van der Waals surface area contributed by atoms with E-state index in [0.717, 1.165) is 20.6 Å². The van der Waals surface area contributed by atoms with E-state index in [2.05, 4.69) is 48.4 Å². The molecule has 3 nitrogen and oxygen atoms in total. The summed E-state index contributed by atoms with van der Waals surface area (Å²) in [7, 11) is 0. The number of fused-ring (bicyclic) bond motifs is 1. The summed E-state index contributed by atoms with van der Waals surface area (Å²) in [6, 6.07) is 3.95. The summed E-state index contributed by atoms with van der Waals surface area (Å²) in [6.45, 7) is 6.53. The molecule has 0 unspecified atom stereocenters. The van der Waals surface area contributed by atoms with Gasteiger partial charge in [-0.15, -0.1) is 0 Å². The fourth-order valence-corrected chi connectivity index (χ4v) is 1.87. The first-order valence-corrected chi connectivity index (χ1v) is 6.18. The van der Waals surface area contributed by atoms with Gasteiger partial charge < -0.3 is 9.47 Å². The van der Waals surface area contributed by atoms with Crippen molar-refractivity contribution in [1.29, 1.82) is 0 Å². The van der Waals surface area contributed by atoms with Gasteiger partial charge in [0.05, 0.1) is 5.54 Å². The second kappa shape index (κ2) is 4.24. The van der Waals surface area contributed by atoms with Gasteiger partial charge in [-0.1, -0.05) is 0 Å². The van der Waals surface area contributed by atoms with Crippen molar-refractivity contribution in [2.24, 2.45) is 4.99 Å². The fraction of sp³-hybridized carbons (Fsp3) is 0.417. The Morgan fingerprint density at radius 2 is 1.88 bits per heavy atom. The number of aliphatic imine (C=N–C) groups is 1. The van der Waals surface area contributed by atoms with Gasteiger partial charge in [-0.2, -0.15) is 0 Å². The van der Waals surface area contributed by atoms with Crippen LogP contribution in [0.3, 0.4) is 0 Å². The molecule has 1 heterocycles. The van der Waals surface area contributed by atoms with Gasteiger partial charge in [0.25, 0.3) is 0 Å². The standard InChI is InChI=1S/C12H14INO2/c1-12(2,3)14-6-8-4-10-11(5-9(8)13)16-7-15-10/h4-6H,7H2,1-3H3. The summed E-state index contributed by atoms with van der Waals surface area (Å²) in [5, 5.41) is 0. The van der Waals surface area contributed by atoms with E-state index in [9.17, 15) is 0 Å². The first-order chi connectivity index (χ1) is 7.46. The molecule has 0 N–H and O–H groups in total. The molecule has 86 valence electrons. The van der Waals surface area contributed by atoms with Crippen molar-refractivity contribution in [3.05, 3.63) is 21.3 Å². The second-order valence-electron chi connectivity index (χ2n) is 4.66. The predicted molar refractivity (Wildman–Crippen MR) is 72.6 cm³/mol. The predicted octanol–water partition coefficient (Wildman–Crippen LogP) is 3.24. The molecule has 0 atom stereocenters. The Morgan fingerprint density at radius 1 is 1.25 bits per heavy atom. The van der Waals surface area contributed by atoms with Crippen molar-refractivity contribution in [1.82, 2.24) is 0 Å². The molecule has 16 heavy (non-hydrogen) atoms. The van der Waals surface area contributed by atoms with Crippen LogP contribution in [-0.2, 0) is 0 Å². The lowest BCUT2D eigenvalue weighted by Crippen LogP contribution is -2.09. The van der Waals surface area contributed by atoms with Gasteiger partial charge >= 0.3 is 0 Å². The molecule has 0 saturated carbocycles. The zero-order valence-electron chi connectivity index (χ0n) is 9.58. The van der Waals surface area contributed by atoms with E-state index >= 15 is 0 Å². The van der Waals surface area contributed by atoms with Crippen LogP contribution in [0.2, 0.25) is 0 Å². The van der Waals surface area contributed by atoms with Crippen LogP contribution < -0.4 is 9.47 Å². The maximum atomic E-state index is 5.34. The Bertz CT molecular complexity index is 435. The molecule has 1 aliphatic rings. The molecule has 1 aliphatic heterocycles. The third kappa shape index (κ3) is 2.66. The van der Waals surface area contributed by atoms with Gasteiger partial charge in [0, 0.05) is 15.3 Å². The van der Waals surface area contributed by atoms with Crippen LogP contribution in [0, 0.1) is 3.57 Å². The Kier molecular flexibility index (Phi) is 3.10. The smallest absolute Gasteiger partial charge is 0.231 e. The summed E-state index contributed by atoms with van der Waals surface area (Å²) in [4.78, 5) is 4.49. The number of rotatable bonds is 1. The van der Waals surface area contributed by atoms with Crippen molar-refractivity contribution in [2.75, 3.05) is 6.79 Å². The van der Waals surface area contributed by atoms with Gasteiger partial charge in [-0.05, 0) is 55.5 Å². The minimum Gasteiger partial charge on any atom is -0.454 e. The minimum absolute atomic E-state index is 0.0561. The zero-order chi connectivity index (χ0) is 11.8. The SMILES string of the molecule is CC(C)(C)N=Cc1cc2c(cc1I)OCO2. The third-order valence-corrected chi connectivity index (χ3v) is 3.02. The van der Waals surface area contributed by atoms with Crippen molar-refractivity contribution in [3.8, 4) is 11.5 Å². The van der Waals surface area contributed by atoms with E-state index in [0.29, 0.717) is 6.79 Å². The van der Waals surface area contributed by atoms with Crippen LogP contribution in [0.4, 0.5) is 0 Å². The monoisotopic (exact) mass is 331 g/mol. The van der Waals surface area contributed by atoms with Crippen LogP contribution in [-0.4, -0.2) is 18.5 Å². The number of ether oxygens (including phenoxy) is 2. The molecule has 0 amide bonds. The fourth-order valence-electron chi connectivity index (χ4n) is 1.30. The molecule has 1 aromatic rings. The first kappa shape index (κ1) is 11.7. The van der Waals surface area contributed by atoms with Gasteiger partial charge in [-0.3, -0.25) is 4.99 Å². The molecule has 1 aromatic carbocycles. The van der Waals surface area contributed by atoms with Crippen LogP contribution >= 0.6 is 22.6 Å². The summed E-state index contributed by atoms with van der Waals surface area (Å²) in [6.07, 6.45) is 1.89. The average Bonchev–Trinajstić information content (AvgIpc) is 2.59. The summed E-state index contributed by atoms with van der Waals surface area (Å²) >= 11 is 2.28. The van der Waals surface area contributed by atoms with Crippen LogP contribution in [0.15, 0.2) is 17.1 Å². The molecule has 0 bridgehead atoms. The highest BCUT2D eigenvalue weighted by molar-refractivity contribution is 14.1. The van der Waals surface area contributed by atoms with Crippen molar-refractivity contribution >= 4 is 28.8 Å². The molecule has 0 saturated heterocycles. The first-order valence-electron chi connectivity index (χ1n) is 5.10. The molecule has 0 radical (unpaired) electrons. The van der Waals surface area contributed by atoms with Crippen LogP contribution in [0.25, 0.3) is 0 Å². The third-order valence-electron chi connectivity index (χ3n) is 2.08. The van der Waals surface area contributed by atoms with E-state index in [4.69, 9.17) is 9.47 Å². The quantitative estimate of drug-likeness (QED) is 0.584. The van der Waals surface area contributed by atoms with E-state index in [-0.39, 0.29) is 5.54 Å². The molecular formula is C12H14INO2. The number of hydrogen-bond donors (Lipinski definition) is 0. The summed E-state index contributed by atoms with van der Waals surface area (Å²) < 4.78 is 11.8. The molecule has 0 fully saturated rings. The highest BCUT2D eigenvalue weighted by Gasteiger charge is 2.15. The Labute approximate surface area is 109 Å². The van der Waals surface area contributed by atoms with E-state index in [1.807, 2.05) is 18.3 Å². The average molecular weight is 331 g/mol. The van der Waals surface area contributed by atoms with Crippen molar-refractivity contribution in [3.63, 3.8) is 0 Å². The molecule has 0 spiro atoms. The van der Waals surface area contributed by atoms with E-state index in [1.165, 1.54) is 0 Å². The molecule has 0 aliphatic carbocycles. The second-order valence-corrected chi connectivity index (χ2v) is 5.82. The van der Waals surface area contributed by atoms with Gasteiger partial charge in [-0.25, -0.2) is 0 Å². The summed E-state index contributed by atoms with van der Waals surface area (Å²) in [5.74, 6) is 1.62. The molecule has 4 heteroatoms. The van der Waals surface area contributed by atoms with E-state index < -0.39 is 0 Å². The zero-order valence-corrected chi connectivity index (χ0v) is 11.7. The minimum atomic E-state index is -0.0561. The van der Waals surface area contributed by atoms with E-state index in [1.54, 1.807) is 0 Å². The lowest BCUT2D eigenvalue weighted by Gasteiger charge is -2.11. The largest absolute Gasteiger partial charge is 0.454 e. The Balaban J connectivity index is 2.32. The lowest BCUT2D eigenvalue weighted by molar-refractivity contribution is 0.174. The maximum absolute atomic E-state index is 5.34. The van der Waals surface area contributed by atoms with Gasteiger partial charge in [0.15, 0.2) is 11.5 Å². The molecule has 0 aromatic heterocycles. The maximum Gasteiger partial charge on any atom is 0.231 e. The van der Waals surface area contributed by atoms with Crippen LogP contribution in [0.1, 0.15) is 26.3 Å². The van der Waals surface area contributed by atoms with Gasteiger partial charge in [0.2, 0.25) is 6.79 Å². The number of benzene rings is 1. The number of nitrogens with zero attached hydrogens (tertiary/aromatic N) is 1. The van der Waals surface area contributed by atoms with Crippen molar-refractivity contribution in [2.45, 2.75) is 26.3 Å². The number of halogens is 1. The molecule has 2 rings (SSSR count). The summed E-state index contributed by atoms with van der Waals surface area (Å²) in [5.41, 5.74) is 1.01. The van der Waals surface area contributed by atoms with Gasteiger partial charge in [0.1, 0.15) is 0 Å². The topological polar surface area (TPSA) is 30.8 Å². The van der Waals surface area contributed by atoms with Crippen LogP contribution in [0.5, 0.6) is 11.5 Å². The Morgan fingerprint density at radius 3 is 2.50 bits per heavy atom. The van der Waals surface area contributed by atoms with Crippen molar-refractivity contribution < 1.29 is 9.47 Å². The Hall–Kier alpha value is -0.780.